The highest BCUT2D eigenvalue weighted by Gasteiger charge is 2.27. The third-order valence-electron chi connectivity index (χ3n) is 4.69. The van der Waals surface area contributed by atoms with Crippen LogP contribution in [0.4, 0.5) is 0 Å². The molecular weight excluding hydrogens is 306 g/mol. The van der Waals surface area contributed by atoms with Gasteiger partial charge in [-0.3, -0.25) is 9.48 Å². The Morgan fingerprint density at radius 2 is 2.04 bits per heavy atom. The lowest BCUT2D eigenvalue weighted by Gasteiger charge is -2.33. The maximum Gasteiger partial charge on any atom is 0.257 e. The van der Waals surface area contributed by atoms with Crippen LogP contribution in [0.15, 0.2) is 12.4 Å². The molecule has 1 amide bonds. The number of carbonyl (C=O) groups is 1. The summed E-state index contributed by atoms with van der Waals surface area (Å²) in [6.07, 6.45) is 5.56. The molecule has 3 heterocycles. The van der Waals surface area contributed by atoms with Gasteiger partial charge in [-0.1, -0.05) is 0 Å². The van der Waals surface area contributed by atoms with Crippen LogP contribution in [0.2, 0.25) is 0 Å². The molecule has 1 aliphatic heterocycles. The number of imidazole rings is 1. The van der Waals surface area contributed by atoms with E-state index in [9.17, 15) is 4.79 Å². The van der Waals surface area contributed by atoms with Crippen LogP contribution in [-0.4, -0.2) is 50.3 Å². The molecule has 0 radical (unpaired) electrons. The normalized spacial score (nSPS) is 15.9. The topological polar surface area (TPSA) is 65.2 Å². The highest BCUT2D eigenvalue weighted by atomic mass is 16.5. The summed E-state index contributed by atoms with van der Waals surface area (Å²) in [5, 5.41) is 4.27. The van der Waals surface area contributed by atoms with Gasteiger partial charge in [0.2, 0.25) is 0 Å². The van der Waals surface area contributed by atoms with E-state index in [0.717, 1.165) is 43.1 Å². The number of hydrogen-bond donors (Lipinski definition) is 0. The van der Waals surface area contributed by atoms with E-state index in [-0.39, 0.29) is 5.91 Å². The molecule has 2 aromatic heterocycles. The second-order valence-corrected chi connectivity index (χ2v) is 6.44. The molecule has 0 aromatic carbocycles. The third kappa shape index (κ3) is 3.08. The molecule has 0 unspecified atom stereocenters. The van der Waals surface area contributed by atoms with Crippen LogP contribution in [0.5, 0.6) is 0 Å². The fraction of sp³-hybridized carbons (Fsp3) is 0.588. The van der Waals surface area contributed by atoms with Crippen molar-refractivity contribution in [3.05, 3.63) is 35.2 Å². The van der Waals surface area contributed by atoms with Gasteiger partial charge in [0.05, 0.1) is 11.3 Å². The summed E-state index contributed by atoms with van der Waals surface area (Å²) in [6, 6.07) is 0.372. The first-order valence-corrected chi connectivity index (χ1v) is 8.32. The van der Waals surface area contributed by atoms with Crippen molar-refractivity contribution in [3.63, 3.8) is 0 Å². The van der Waals surface area contributed by atoms with Crippen LogP contribution < -0.4 is 0 Å². The number of methoxy groups -OCH3 is 1. The number of hydrogen-bond acceptors (Lipinski definition) is 4. The van der Waals surface area contributed by atoms with E-state index in [0.29, 0.717) is 18.2 Å². The van der Waals surface area contributed by atoms with Crippen molar-refractivity contribution in [2.24, 2.45) is 7.05 Å². The lowest BCUT2D eigenvalue weighted by molar-refractivity contribution is 0.0689. The maximum atomic E-state index is 12.7. The summed E-state index contributed by atoms with van der Waals surface area (Å²) in [5.41, 5.74) is 2.64. The van der Waals surface area contributed by atoms with Crippen molar-refractivity contribution in [2.45, 2.75) is 39.3 Å². The molecule has 0 atom stereocenters. The molecule has 0 bridgehead atoms. The summed E-state index contributed by atoms with van der Waals surface area (Å²) in [7, 11) is 3.53. The SMILES string of the molecule is COCc1ncc(C)n1C1CCN(C(=O)c2cn(C)nc2C)CC1. The minimum absolute atomic E-state index is 0.0820. The summed E-state index contributed by atoms with van der Waals surface area (Å²) in [6.45, 7) is 5.97. The molecule has 7 heteroatoms. The summed E-state index contributed by atoms with van der Waals surface area (Å²) in [4.78, 5) is 19.1. The van der Waals surface area contributed by atoms with Crippen molar-refractivity contribution in [1.29, 1.82) is 0 Å². The highest BCUT2D eigenvalue weighted by Crippen LogP contribution is 2.27. The van der Waals surface area contributed by atoms with Gasteiger partial charge in [-0.25, -0.2) is 4.98 Å². The second-order valence-electron chi connectivity index (χ2n) is 6.44. The van der Waals surface area contributed by atoms with Crippen LogP contribution in [0.3, 0.4) is 0 Å². The molecule has 0 N–H and O–H groups in total. The van der Waals surface area contributed by atoms with Crippen LogP contribution in [0.25, 0.3) is 0 Å². The predicted octanol–water partition coefficient (Wildman–Crippen LogP) is 1.86. The Kier molecular flexibility index (Phi) is 4.71. The highest BCUT2D eigenvalue weighted by molar-refractivity contribution is 5.95. The molecule has 3 rings (SSSR count). The number of ether oxygens (including phenoxy) is 1. The number of rotatable bonds is 4. The minimum Gasteiger partial charge on any atom is -0.377 e. The Hall–Kier alpha value is -2.15. The van der Waals surface area contributed by atoms with Crippen LogP contribution in [0.1, 0.15) is 46.5 Å². The van der Waals surface area contributed by atoms with Crippen molar-refractivity contribution in [1.82, 2.24) is 24.2 Å². The Labute approximate surface area is 142 Å². The minimum atomic E-state index is 0.0820. The zero-order valence-electron chi connectivity index (χ0n) is 14.8. The van der Waals surface area contributed by atoms with E-state index in [1.165, 1.54) is 0 Å². The van der Waals surface area contributed by atoms with Crippen LogP contribution in [-0.2, 0) is 18.4 Å². The zero-order chi connectivity index (χ0) is 17.3. The molecule has 1 aliphatic rings. The molecular formula is C17H25N5O2. The van der Waals surface area contributed by atoms with Crippen molar-refractivity contribution in [2.75, 3.05) is 20.2 Å². The molecule has 24 heavy (non-hydrogen) atoms. The fourth-order valence-electron chi connectivity index (χ4n) is 3.54. The van der Waals surface area contributed by atoms with Gasteiger partial charge in [-0.05, 0) is 26.7 Å². The Morgan fingerprint density at radius 3 is 2.62 bits per heavy atom. The van der Waals surface area contributed by atoms with Crippen molar-refractivity contribution < 1.29 is 9.53 Å². The number of aromatic nitrogens is 4. The van der Waals surface area contributed by atoms with Crippen LogP contribution in [0, 0.1) is 13.8 Å². The number of carbonyl (C=O) groups excluding carboxylic acids is 1. The molecule has 130 valence electrons. The third-order valence-corrected chi connectivity index (χ3v) is 4.69. The number of aryl methyl sites for hydroxylation is 3. The standard InChI is InChI=1S/C17H25N5O2/c1-12-9-18-16(11-24-4)22(12)14-5-7-21(8-6-14)17(23)15-10-20(3)19-13(15)2/h9-10,14H,5-8,11H2,1-4H3. The van der Waals surface area contributed by atoms with E-state index in [2.05, 4.69) is 21.6 Å². The smallest absolute Gasteiger partial charge is 0.257 e. The number of piperidine rings is 1. The predicted molar refractivity (Wildman–Crippen MR) is 89.8 cm³/mol. The Balaban J connectivity index is 1.69. The molecule has 2 aromatic rings. The Morgan fingerprint density at radius 1 is 1.33 bits per heavy atom. The van der Waals surface area contributed by atoms with Gasteiger partial charge in [0.25, 0.3) is 5.91 Å². The maximum absolute atomic E-state index is 12.7. The number of nitrogens with zero attached hydrogens (tertiary/aromatic N) is 5. The van der Waals surface area contributed by atoms with Gasteiger partial charge in [0.15, 0.2) is 0 Å². The van der Waals surface area contributed by atoms with Gasteiger partial charge in [0.1, 0.15) is 12.4 Å². The fourth-order valence-corrected chi connectivity index (χ4v) is 3.54. The van der Waals surface area contributed by atoms with E-state index >= 15 is 0 Å². The zero-order valence-corrected chi connectivity index (χ0v) is 14.8. The van der Waals surface area contributed by atoms with Crippen molar-refractivity contribution in [3.8, 4) is 0 Å². The molecule has 1 fully saturated rings. The van der Waals surface area contributed by atoms with Gasteiger partial charge in [-0.15, -0.1) is 0 Å². The Bertz CT molecular complexity index is 725. The summed E-state index contributed by atoms with van der Waals surface area (Å²) in [5.74, 6) is 1.04. The van der Waals surface area contributed by atoms with Crippen LogP contribution >= 0.6 is 0 Å². The van der Waals surface area contributed by atoms with Crippen molar-refractivity contribution >= 4 is 5.91 Å². The number of amides is 1. The molecule has 7 nitrogen and oxygen atoms in total. The first kappa shape index (κ1) is 16.7. The quantitative estimate of drug-likeness (QED) is 0.858. The number of likely N-dealkylation sites (tertiary alicyclic amines) is 1. The van der Waals surface area contributed by atoms with E-state index in [1.54, 1.807) is 18.0 Å². The van der Waals surface area contributed by atoms with E-state index < -0.39 is 0 Å². The molecule has 0 aliphatic carbocycles. The van der Waals surface area contributed by atoms with E-state index in [1.807, 2.05) is 25.1 Å². The van der Waals surface area contributed by atoms with Gasteiger partial charge in [0, 0.05) is 51.4 Å². The van der Waals surface area contributed by atoms with Gasteiger partial charge < -0.3 is 14.2 Å². The van der Waals surface area contributed by atoms with Gasteiger partial charge in [-0.2, -0.15) is 5.10 Å². The monoisotopic (exact) mass is 331 g/mol. The average Bonchev–Trinajstić information content (AvgIpc) is 3.09. The summed E-state index contributed by atoms with van der Waals surface area (Å²) < 4.78 is 9.21. The molecule has 0 saturated carbocycles. The molecule has 1 saturated heterocycles. The second kappa shape index (κ2) is 6.76. The van der Waals surface area contributed by atoms with E-state index in [4.69, 9.17) is 4.74 Å². The lowest BCUT2D eigenvalue weighted by atomic mass is 10.0. The first-order chi connectivity index (χ1) is 11.5. The van der Waals surface area contributed by atoms with Gasteiger partial charge >= 0.3 is 0 Å². The average molecular weight is 331 g/mol. The first-order valence-electron chi connectivity index (χ1n) is 8.32. The largest absolute Gasteiger partial charge is 0.377 e. The summed E-state index contributed by atoms with van der Waals surface area (Å²) >= 11 is 0. The molecule has 0 spiro atoms. The lowest BCUT2D eigenvalue weighted by Crippen LogP contribution is -2.39.